The van der Waals surface area contributed by atoms with E-state index in [-0.39, 0.29) is 0 Å². The number of nitrogens with two attached hydrogens (primary N) is 1. The molecular weight excluding hydrogens is 232 g/mol. The van der Waals surface area contributed by atoms with Crippen LogP contribution >= 0.6 is 0 Å². The zero-order valence-electron chi connectivity index (χ0n) is 13.2. The summed E-state index contributed by atoms with van der Waals surface area (Å²) in [6.07, 6.45) is 12.5. The number of nitrogens with zero attached hydrogens (tertiary/aromatic N) is 1. The molecule has 0 aromatic carbocycles. The van der Waals surface area contributed by atoms with E-state index < -0.39 is 0 Å². The Morgan fingerprint density at radius 2 is 1.68 bits per heavy atom. The lowest BCUT2D eigenvalue weighted by atomic mass is 9.87. The van der Waals surface area contributed by atoms with Crippen LogP contribution in [0.3, 0.4) is 0 Å². The molecule has 0 aromatic heterocycles. The first-order chi connectivity index (χ1) is 9.18. The first-order valence-electron chi connectivity index (χ1n) is 8.63. The van der Waals surface area contributed by atoms with Crippen LogP contribution in [0.25, 0.3) is 0 Å². The third kappa shape index (κ3) is 3.72. The highest BCUT2D eigenvalue weighted by molar-refractivity contribution is 4.94. The molecule has 2 aliphatic rings. The van der Waals surface area contributed by atoms with Crippen LogP contribution in [0.15, 0.2) is 0 Å². The summed E-state index contributed by atoms with van der Waals surface area (Å²) in [5.41, 5.74) is 6.59. The van der Waals surface area contributed by atoms with Gasteiger partial charge in [-0.3, -0.25) is 4.90 Å². The number of hydrogen-bond acceptors (Lipinski definition) is 2. The summed E-state index contributed by atoms with van der Waals surface area (Å²) in [5.74, 6) is 1.79. The van der Waals surface area contributed by atoms with Crippen LogP contribution < -0.4 is 5.73 Å². The van der Waals surface area contributed by atoms with Crippen molar-refractivity contribution in [1.82, 2.24) is 4.90 Å². The van der Waals surface area contributed by atoms with Gasteiger partial charge in [-0.25, -0.2) is 0 Å². The van der Waals surface area contributed by atoms with E-state index in [2.05, 4.69) is 18.7 Å². The molecule has 1 saturated heterocycles. The van der Waals surface area contributed by atoms with E-state index in [4.69, 9.17) is 5.73 Å². The highest BCUT2D eigenvalue weighted by Crippen LogP contribution is 2.35. The molecule has 1 atom stereocenters. The van der Waals surface area contributed by atoms with Crippen molar-refractivity contribution in [3.05, 3.63) is 0 Å². The average Bonchev–Trinajstić information content (AvgIpc) is 2.79. The van der Waals surface area contributed by atoms with Gasteiger partial charge in [0.25, 0.3) is 0 Å². The highest BCUT2D eigenvalue weighted by Gasteiger charge is 2.36. The maximum absolute atomic E-state index is 6.24. The van der Waals surface area contributed by atoms with Crippen molar-refractivity contribution in [2.75, 3.05) is 19.6 Å². The fourth-order valence-electron chi connectivity index (χ4n) is 4.30. The Morgan fingerprint density at radius 3 is 2.26 bits per heavy atom. The van der Waals surface area contributed by atoms with Gasteiger partial charge in [-0.05, 0) is 57.0 Å². The fraction of sp³-hybridized carbons (Fsp3) is 1.00. The summed E-state index contributed by atoms with van der Waals surface area (Å²) in [6, 6.07) is 0. The highest BCUT2D eigenvalue weighted by atomic mass is 15.2. The summed E-state index contributed by atoms with van der Waals surface area (Å²) in [5, 5.41) is 0. The second-order valence-corrected chi connectivity index (χ2v) is 7.26. The minimum Gasteiger partial charge on any atom is -0.329 e. The molecule has 19 heavy (non-hydrogen) atoms. The Balaban J connectivity index is 2.01. The van der Waals surface area contributed by atoms with E-state index in [9.17, 15) is 0 Å². The number of rotatable bonds is 3. The van der Waals surface area contributed by atoms with Crippen molar-refractivity contribution in [2.45, 2.75) is 77.2 Å². The van der Waals surface area contributed by atoms with Crippen LogP contribution in [0, 0.1) is 11.8 Å². The van der Waals surface area contributed by atoms with Crippen LogP contribution in [0.5, 0.6) is 0 Å². The van der Waals surface area contributed by atoms with E-state index in [1.807, 2.05) is 0 Å². The van der Waals surface area contributed by atoms with Gasteiger partial charge in [0, 0.05) is 12.1 Å². The van der Waals surface area contributed by atoms with Crippen molar-refractivity contribution < 1.29 is 0 Å². The lowest BCUT2D eigenvalue weighted by Gasteiger charge is -2.43. The minimum absolute atomic E-state index is 0.350. The Kier molecular flexibility index (Phi) is 5.70. The first-order valence-corrected chi connectivity index (χ1v) is 8.63. The maximum Gasteiger partial charge on any atom is 0.0331 e. The third-order valence-electron chi connectivity index (χ3n) is 5.80. The molecule has 0 spiro atoms. The number of hydrogen-bond donors (Lipinski definition) is 1. The van der Waals surface area contributed by atoms with Crippen molar-refractivity contribution in [3.63, 3.8) is 0 Å². The lowest BCUT2D eigenvalue weighted by molar-refractivity contribution is 0.0797. The topological polar surface area (TPSA) is 29.3 Å². The normalized spacial score (nSPS) is 30.0. The van der Waals surface area contributed by atoms with Gasteiger partial charge in [-0.2, -0.15) is 0 Å². The summed E-state index contributed by atoms with van der Waals surface area (Å²) in [6.45, 7) is 8.25. The molecule has 2 N–H and O–H groups in total. The molecule has 0 bridgehead atoms. The van der Waals surface area contributed by atoms with E-state index in [1.165, 1.54) is 70.9 Å². The van der Waals surface area contributed by atoms with Gasteiger partial charge in [0.2, 0.25) is 0 Å². The molecular formula is C17H34N2. The fourth-order valence-corrected chi connectivity index (χ4v) is 4.30. The number of likely N-dealkylation sites (tertiary alicyclic amines) is 1. The zero-order chi connectivity index (χ0) is 13.7. The van der Waals surface area contributed by atoms with E-state index in [0.29, 0.717) is 5.54 Å². The second kappa shape index (κ2) is 7.08. The van der Waals surface area contributed by atoms with Gasteiger partial charge >= 0.3 is 0 Å². The van der Waals surface area contributed by atoms with Gasteiger partial charge in [0.15, 0.2) is 0 Å². The second-order valence-electron chi connectivity index (χ2n) is 7.26. The predicted molar refractivity (Wildman–Crippen MR) is 83.2 cm³/mol. The van der Waals surface area contributed by atoms with E-state index >= 15 is 0 Å². The molecule has 2 nitrogen and oxygen atoms in total. The molecule has 1 aliphatic heterocycles. The summed E-state index contributed by atoms with van der Waals surface area (Å²) < 4.78 is 0. The summed E-state index contributed by atoms with van der Waals surface area (Å²) >= 11 is 0. The van der Waals surface area contributed by atoms with Gasteiger partial charge < -0.3 is 5.73 Å². The van der Waals surface area contributed by atoms with Crippen LogP contribution in [-0.2, 0) is 0 Å². The molecule has 1 saturated carbocycles. The third-order valence-corrected chi connectivity index (χ3v) is 5.80. The Hall–Kier alpha value is -0.0800. The Morgan fingerprint density at radius 1 is 1.00 bits per heavy atom. The largest absolute Gasteiger partial charge is 0.329 e. The Labute approximate surface area is 120 Å². The predicted octanol–water partition coefficient (Wildman–Crippen LogP) is 3.80. The molecule has 2 rings (SSSR count). The molecule has 0 radical (unpaired) electrons. The van der Waals surface area contributed by atoms with Crippen LogP contribution in [0.1, 0.15) is 71.6 Å². The van der Waals surface area contributed by atoms with Gasteiger partial charge in [-0.15, -0.1) is 0 Å². The van der Waals surface area contributed by atoms with Crippen molar-refractivity contribution in [1.29, 1.82) is 0 Å². The first kappa shape index (κ1) is 15.3. The monoisotopic (exact) mass is 266 g/mol. The van der Waals surface area contributed by atoms with Crippen LogP contribution in [-0.4, -0.2) is 30.1 Å². The van der Waals surface area contributed by atoms with E-state index in [1.54, 1.807) is 0 Å². The van der Waals surface area contributed by atoms with Gasteiger partial charge in [0.05, 0.1) is 0 Å². The molecule has 1 aliphatic carbocycles. The molecule has 1 heterocycles. The zero-order valence-corrected chi connectivity index (χ0v) is 13.2. The molecule has 0 aromatic rings. The quantitative estimate of drug-likeness (QED) is 0.787. The average molecular weight is 266 g/mol. The Bertz CT molecular complexity index is 254. The molecule has 2 fully saturated rings. The van der Waals surface area contributed by atoms with Crippen molar-refractivity contribution >= 4 is 0 Å². The van der Waals surface area contributed by atoms with Crippen LogP contribution in [0.4, 0.5) is 0 Å². The summed E-state index contributed by atoms with van der Waals surface area (Å²) in [4.78, 5) is 2.79. The minimum atomic E-state index is 0.350. The van der Waals surface area contributed by atoms with Gasteiger partial charge in [-0.1, -0.05) is 39.5 Å². The van der Waals surface area contributed by atoms with Crippen molar-refractivity contribution in [2.24, 2.45) is 17.6 Å². The van der Waals surface area contributed by atoms with E-state index in [0.717, 1.165) is 18.4 Å². The van der Waals surface area contributed by atoms with Crippen LogP contribution in [0.2, 0.25) is 0 Å². The summed E-state index contributed by atoms with van der Waals surface area (Å²) in [7, 11) is 0. The standard InChI is InChI=1S/C17H34N2/c1-15(2)16-8-7-12-19(13-9-16)17(14-18)10-5-3-4-6-11-17/h15-16H,3-14,18H2,1-2H3. The van der Waals surface area contributed by atoms with Gasteiger partial charge in [0.1, 0.15) is 0 Å². The maximum atomic E-state index is 6.24. The SMILES string of the molecule is CC(C)C1CCCN(C2(CN)CCCCCC2)CC1. The molecule has 0 amide bonds. The molecule has 112 valence electrons. The molecule has 2 heteroatoms. The smallest absolute Gasteiger partial charge is 0.0331 e. The van der Waals surface area contributed by atoms with Crippen molar-refractivity contribution in [3.8, 4) is 0 Å². The molecule has 1 unspecified atom stereocenters. The lowest BCUT2D eigenvalue weighted by Crippen LogP contribution is -2.54.